The summed E-state index contributed by atoms with van der Waals surface area (Å²) in [6.07, 6.45) is 2.79. The molecule has 1 aliphatic heterocycles. The Labute approximate surface area is 138 Å². The average Bonchev–Trinajstić information content (AvgIpc) is 3.10. The molecule has 122 valence electrons. The summed E-state index contributed by atoms with van der Waals surface area (Å²) in [5, 5.41) is 21.0. The monoisotopic (exact) mass is 311 g/mol. The van der Waals surface area contributed by atoms with Crippen LogP contribution in [0.25, 0.3) is 0 Å². The number of aliphatic hydroxyl groups excluding tert-OH is 1. The Morgan fingerprint density at radius 3 is 2.04 bits per heavy atom. The molecule has 1 aliphatic rings. The van der Waals surface area contributed by atoms with Crippen LogP contribution in [0.2, 0.25) is 0 Å². The van der Waals surface area contributed by atoms with Gasteiger partial charge in [0.1, 0.15) is 5.60 Å². The van der Waals surface area contributed by atoms with E-state index in [2.05, 4.69) is 4.90 Å². The minimum Gasteiger partial charge on any atom is -0.396 e. The van der Waals surface area contributed by atoms with Gasteiger partial charge in [0.05, 0.1) is 0 Å². The van der Waals surface area contributed by atoms with Crippen molar-refractivity contribution in [1.29, 1.82) is 0 Å². The summed E-state index contributed by atoms with van der Waals surface area (Å²) in [4.78, 5) is 2.33. The highest BCUT2D eigenvalue weighted by atomic mass is 16.3. The Kier molecular flexibility index (Phi) is 5.11. The topological polar surface area (TPSA) is 43.7 Å². The second-order valence-corrected chi connectivity index (χ2v) is 6.27. The van der Waals surface area contributed by atoms with Gasteiger partial charge in [0.15, 0.2) is 0 Å². The normalized spacial score (nSPS) is 19.1. The number of likely N-dealkylation sites (tertiary alicyclic amines) is 1. The van der Waals surface area contributed by atoms with E-state index in [1.54, 1.807) is 0 Å². The van der Waals surface area contributed by atoms with Crippen molar-refractivity contribution in [3.05, 3.63) is 71.8 Å². The summed E-state index contributed by atoms with van der Waals surface area (Å²) in [5.41, 5.74) is 0.855. The molecular weight excluding hydrogens is 286 g/mol. The van der Waals surface area contributed by atoms with Gasteiger partial charge < -0.3 is 10.2 Å². The third-order valence-electron chi connectivity index (χ3n) is 4.88. The van der Waals surface area contributed by atoms with Crippen molar-refractivity contribution in [2.24, 2.45) is 0 Å². The van der Waals surface area contributed by atoms with E-state index >= 15 is 0 Å². The molecule has 0 aromatic heterocycles. The zero-order chi connectivity index (χ0) is 16.1. The van der Waals surface area contributed by atoms with Gasteiger partial charge in [-0.3, -0.25) is 4.90 Å². The Bertz CT molecular complexity index is 560. The van der Waals surface area contributed by atoms with Crippen molar-refractivity contribution in [2.75, 3.05) is 19.7 Å². The van der Waals surface area contributed by atoms with Crippen LogP contribution in [0.1, 0.15) is 30.4 Å². The van der Waals surface area contributed by atoms with Gasteiger partial charge in [-0.1, -0.05) is 60.7 Å². The standard InChI is InChI=1S/C20H25NO2/c22-16-8-15-21-14-7-13-19(21)20(23,17-9-3-1-4-10-17)18-11-5-2-6-12-18/h1-6,9-12,19,22-23H,7-8,13-16H2. The Morgan fingerprint density at radius 2 is 1.52 bits per heavy atom. The van der Waals surface area contributed by atoms with Crippen molar-refractivity contribution < 1.29 is 10.2 Å². The van der Waals surface area contributed by atoms with Gasteiger partial charge >= 0.3 is 0 Å². The predicted octanol–water partition coefficient (Wildman–Crippen LogP) is 2.77. The molecule has 3 rings (SSSR count). The van der Waals surface area contributed by atoms with Gasteiger partial charge in [0.25, 0.3) is 0 Å². The number of nitrogens with zero attached hydrogens (tertiary/aromatic N) is 1. The third-order valence-corrected chi connectivity index (χ3v) is 4.88. The minimum atomic E-state index is -1.02. The van der Waals surface area contributed by atoms with E-state index in [0.29, 0.717) is 0 Å². The van der Waals surface area contributed by atoms with Crippen molar-refractivity contribution in [1.82, 2.24) is 4.90 Å². The minimum absolute atomic E-state index is 0.0406. The molecule has 3 nitrogen and oxygen atoms in total. The maximum Gasteiger partial charge on any atom is 0.130 e. The van der Waals surface area contributed by atoms with Crippen molar-refractivity contribution in [3.8, 4) is 0 Å². The lowest BCUT2D eigenvalue weighted by molar-refractivity contribution is -0.00522. The second-order valence-electron chi connectivity index (χ2n) is 6.27. The lowest BCUT2D eigenvalue weighted by atomic mass is 9.79. The number of rotatable bonds is 6. The van der Waals surface area contributed by atoms with E-state index in [-0.39, 0.29) is 12.6 Å². The van der Waals surface area contributed by atoms with E-state index < -0.39 is 5.60 Å². The number of aliphatic hydroxyl groups is 2. The highest BCUT2D eigenvalue weighted by Gasteiger charge is 2.44. The molecule has 1 unspecified atom stereocenters. The molecule has 1 saturated heterocycles. The van der Waals surface area contributed by atoms with Crippen LogP contribution in [-0.2, 0) is 5.60 Å². The van der Waals surface area contributed by atoms with Crippen LogP contribution < -0.4 is 0 Å². The molecular formula is C20H25NO2. The highest BCUT2D eigenvalue weighted by molar-refractivity contribution is 5.38. The molecule has 2 N–H and O–H groups in total. The predicted molar refractivity (Wildman–Crippen MR) is 92.2 cm³/mol. The van der Waals surface area contributed by atoms with Crippen LogP contribution in [0.15, 0.2) is 60.7 Å². The van der Waals surface area contributed by atoms with E-state index in [1.807, 2.05) is 60.7 Å². The average molecular weight is 311 g/mol. The number of hydrogen-bond donors (Lipinski definition) is 2. The summed E-state index contributed by atoms with van der Waals surface area (Å²) in [7, 11) is 0. The van der Waals surface area contributed by atoms with Crippen LogP contribution in [0.5, 0.6) is 0 Å². The largest absolute Gasteiger partial charge is 0.396 e. The van der Waals surface area contributed by atoms with E-state index in [0.717, 1.165) is 43.5 Å². The van der Waals surface area contributed by atoms with E-state index in [9.17, 15) is 5.11 Å². The van der Waals surface area contributed by atoms with Crippen LogP contribution in [0.4, 0.5) is 0 Å². The number of benzene rings is 2. The van der Waals surface area contributed by atoms with Crippen molar-refractivity contribution >= 4 is 0 Å². The SMILES string of the molecule is OCCCN1CCCC1C(O)(c1ccccc1)c1ccccc1. The van der Waals surface area contributed by atoms with Crippen LogP contribution in [0.3, 0.4) is 0 Å². The molecule has 1 atom stereocenters. The second kappa shape index (κ2) is 7.26. The Balaban J connectivity index is 2.02. The van der Waals surface area contributed by atoms with Gasteiger partial charge in [0, 0.05) is 19.2 Å². The fourth-order valence-electron chi connectivity index (χ4n) is 3.78. The van der Waals surface area contributed by atoms with Crippen LogP contribution in [-0.4, -0.2) is 40.9 Å². The fourth-order valence-corrected chi connectivity index (χ4v) is 3.78. The van der Waals surface area contributed by atoms with Gasteiger partial charge in [-0.25, -0.2) is 0 Å². The fraction of sp³-hybridized carbons (Fsp3) is 0.400. The summed E-state index contributed by atoms with van der Waals surface area (Å²) < 4.78 is 0. The lowest BCUT2D eigenvalue weighted by Gasteiger charge is -2.40. The van der Waals surface area contributed by atoms with Gasteiger partial charge in [-0.15, -0.1) is 0 Å². The molecule has 0 saturated carbocycles. The van der Waals surface area contributed by atoms with Crippen LogP contribution >= 0.6 is 0 Å². The molecule has 1 heterocycles. The first kappa shape index (κ1) is 16.2. The van der Waals surface area contributed by atoms with Gasteiger partial charge in [-0.2, -0.15) is 0 Å². The van der Waals surface area contributed by atoms with E-state index in [4.69, 9.17) is 5.11 Å². The smallest absolute Gasteiger partial charge is 0.130 e. The molecule has 0 radical (unpaired) electrons. The van der Waals surface area contributed by atoms with Gasteiger partial charge in [-0.05, 0) is 36.9 Å². The molecule has 3 heteroatoms. The van der Waals surface area contributed by atoms with E-state index in [1.165, 1.54) is 0 Å². The summed E-state index contributed by atoms with van der Waals surface area (Å²) in [6, 6.07) is 20.0. The summed E-state index contributed by atoms with van der Waals surface area (Å²) in [5.74, 6) is 0. The molecule has 0 bridgehead atoms. The molecule has 0 spiro atoms. The zero-order valence-corrected chi connectivity index (χ0v) is 13.4. The lowest BCUT2D eigenvalue weighted by Crippen LogP contribution is -2.48. The third kappa shape index (κ3) is 3.18. The molecule has 2 aromatic carbocycles. The first-order chi connectivity index (χ1) is 11.3. The molecule has 1 fully saturated rings. The molecule has 0 amide bonds. The Morgan fingerprint density at radius 1 is 0.957 bits per heavy atom. The van der Waals surface area contributed by atoms with Crippen molar-refractivity contribution in [2.45, 2.75) is 30.9 Å². The molecule has 0 aliphatic carbocycles. The van der Waals surface area contributed by atoms with Gasteiger partial charge in [0.2, 0.25) is 0 Å². The maximum absolute atomic E-state index is 11.8. The highest BCUT2D eigenvalue weighted by Crippen LogP contribution is 2.40. The summed E-state index contributed by atoms with van der Waals surface area (Å²) in [6.45, 7) is 1.99. The Hall–Kier alpha value is -1.68. The zero-order valence-electron chi connectivity index (χ0n) is 13.4. The molecule has 2 aromatic rings. The molecule has 23 heavy (non-hydrogen) atoms. The summed E-state index contributed by atoms with van der Waals surface area (Å²) >= 11 is 0. The maximum atomic E-state index is 11.8. The van der Waals surface area contributed by atoms with Crippen molar-refractivity contribution in [3.63, 3.8) is 0 Å². The van der Waals surface area contributed by atoms with Crippen LogP contribution in [0, 0.1) is 0 Å². The first-order valence-electron chi connectivity index (χ1n) is 8.45. The quantitative estimate of drug-likeness (QED) is 0.862. The number of hydrogen-bond acceptors (Lipinski definition) is 3. The first-order valence-corrected chi connectivity index (χ1v) is 8.45.